The van der Waals surface area contributed by atoms with E-state index >= 15 is 0 Å². The van der Waals surface area contributed by atoms with Crippen LogP contribution in [0.5, 0.6) is 0 Å². The summed E-state index contributed by atoms with van der Waals surface area (Å²) in [6.45, 7) is 4.46. The molecule has 0 heterocycles. The number of hydrogen-bond donors (Lipinski definition) is 0. The van der Waals surface area contributed by atoms with Crippen LogP contribution in [0.15, 0.2) is 158 Å². The maximum Gasteiger partial charge on any atom is 0.306 e. The van der Waals surface area contributed by atoms with Gasteiger partial charge in [0.2, 0.25) is 0 Å². The summed E-state index contributed by atoms with van der Waals surface area (Å²) in [6.07, 6.45) is 96.2. The molecule has 0 fully saturated rings. The number of hydrogen-bond acceptors (Lipinski definition) is 8. The molecule has 0 saturated carbocycles. The number of ether oxygens (including phenoxy) is 4. The Morgan fingerprint density at radius 3 is 0.943 bits per heavy atom. The number of carboxylic acids is 1. The van der Waals surface area contributed by atoms with Crippen molar-refractivity contribution in [1.82, 2.24) is 0 Å². The van der Waals surface area contributed by atoms with Crippen LogP contribution in [0.3, 0.4) is 0 Å². The molecule has 9 nitrogen and oxygen atoms in total. The van der Waals surface area contributed by atoms with Crippen molar-refractivity contribution in [2.24, 2.45) is 0 Å². The zero-order valence-corrected chi connectivity index (χ0v) is 56.1. The molecule has 0 aliphatic carbocycles. The van der Waals surface area contributed by atoms with Crippen LogP contribution in [0.25, 0.3) is 0 Å². The van der Waals surface area contributed by atoms with Crippen LogP contribution in [0.2, 0.25) is 0 Å². The summed E-state index contributed by atoms with van der Waals surface area (Å²) in [4.78, 5) is 37.4. The number of quaternary nitrogens is 1. The van der Waals surface area contributed by atoms with Gasteiger partial charge in [0.15, 0.2) is 12.4 Å². The number of carbonyl (C=O) groups is 3. The van der Waals surface area contributed by atoms with Crippen LogP contribution in [0.1, 0.15) is 258 Å². The van der Waals surface area contributed by atoms with Gasteiger partial charge in [-0.2, -0.15) is 0 Å². The molecule has 0 aromatic heterocycles. The normalized spacial score (nSPS) is 13.7. The first-order chi connectivity index (χ1) is 42.6. The first kappa shape index (κ1) is 81.9. The second-order valence-electron chi connectivity index (χ2n) is 23.7. The van der Waals surface area contributed by atoms with E-state index in [4.69, 9.17) is 18.9 Å². The summed E-state index contributed by atoms with van der Waals surface area (Å²) in [5.41, 5.74) is 0. The Hall–Kier alpha value is -5.09. The quantitative estimate of drug-likeness (QED) is 0.0195. The monoisotopic (exact) mass is 1210 g/mol. The minimum atomic E-state index is -1.64. The predicted octanol–water partition coefficient (Wildman–Crippen LogP) is 20.4. The smallest absolute Gasteiger partial charge is 0.306 e. The minimum absolute atomic E-state index is 0.134. The van der Waals surface area contributed by atoms with Crippen molar-refractivity contribution in [3.8, 4) is 0 Å². The fourth-order valence-corrected chi connectivity index (χ4v) is 9.05. The van der Waals surface area contributed by atoms with Crippen LogP contribution in [-0.2, 0) is 33.3 Å². The van der Waals surface area contributed by atoms with Crippen molar-refractivity contribution >= 4 is 17.9 Å². The Balaban J connectivity index is 4.11. The molecule has 0 bridgehead atoms. The lowest BCUT2D eigenvalue weighted by molar-refractivity contribution is -0.870. The van der Waals surface area contributed by atoms with Crippen molar-refractivity contribution in [3.05, 3.63) is 158 Å². The lowest BCUT2D eigenvalue weighted by Gasteiger charge is -2.26. The SMILES string of the molecule is CC/C=C\C/C=C\C/C=C\C/C=C\C/C=C\C/C=C\C/C=C\CCCCCCCCCCCCCCCCCCCCCC(=O)OC(COC(=O)CCCC/C=C\C/C=C\C/C=C\C/C=C\C/C=C\C/C=C\CC)COC(OCC[N+](C)(C)C)C(=O)[O-]. The Bertz CT molecular complexity index is 1990. The second-order valence-corrected chi connectivity index (χ2v) is 23.7. The van der Waals surface area contributed by atoms with Gasteiger partial charge in [-0.05, 0) is 122 Å². The third kappa shape index (κ3) is 68.3. The van der Waals surface area contributed by atoms with Crippen LogP contribution in [0.4, 0.5) is 0 Å². The van der Waals surface area contributed by atoms with Gasteiger partial charge in [0.1, 0.15) is 13.2 Å². The molecule has 0 spiro atoms. The molecule has 0 aliphatic rings. The molecule has 0 amide bonds. The fraction of sp³-hybridized carbons (Fsp3) is 0.628. The Labute approximate surface area is 534 Å². The van der Waals surface area contributed by atoms with E-state index in [0.717, 1.165) is 116 Å². The Morgan fingerprint density at radius 2 is 0.621 bits per heavy atom. The molecule has 0 rings (SSSR count). The molecule has 0 saturated heterocycles. The minimum Gasteiger partial charge on any atom is -0.545 e. The molecule has 2 atom stereocenters. The van der Waals surface area contributed by atoms with E-state index in [1.54, 1.807) is 0 Å². The maximum absolute atomic E-state index is 12.9. The molecule has 87 heavy (non-hydrogen) atoms. The highest BCUT2D eigenvalue weighted by atomic mass is 16.7. The Morgan fingerprint density at radius 1 is 0.345 bits per heavy atom. The van der Waals surface area contributed by atoms with Crippen molar-refractivity contribution in [2.75, 3.05) is 47.5 Å². The number of carboxylic acid groups (broad SMARTS) is 1. The van der Waals surface area contributed by atoms with E-state index in [2.05, 4.69) is 172 Å². The number of allylic oxidation sites excluding steroid dienone is 26. The average Bonchev–Trinajstić information content (AvgIpc) is 3.59. The third-order valence-electron chi connectivity index (χ3n) is 14.3. The van der Waals surface area contributed by atoms with Gasteiger partial charge < -0.3 is 33.3 Å². The van der Waals surface area contributed by atoms with Gasteiger partial charge in [-0.25, -0.2) is 0 Å². The van der Waals surface area contributed by atoms with E-state index in [1.165, 1.54) is 103 Å². The van der Waals surface area contributed by atoms with Gasteiger partial charge in [0.25, 0.3) is 0 Å². The van der Waals surface area contributed by atoms with E-state index in [0.29, 0.717) is 23.9 Å². The number of likely N-dealkylation sites (N-methyl/N-ethyl adjacent to an activating group) is 1. The number of rotatable bonds is 62. The zero-order valence-electron chi connectivity index (χ0n) is 56.1. The molecule has 0 aliphatic heterocycles. The van der Waals surface area contributed by atoms with Crippen LogP contribution < -0.4 is 5.11 Å². The average molecular weight is 1210 g/mol. The lowest BCUT2D eigenvalue weighted by Crippen LogP contribution is -2.44. The second kappa shape index (κ2) is 66.9. The van der Waals surface area contributed by atoms with Crippen LogP contribution in [-0.4, -0.2) is 82.3 Å². The fourth-order valence-electron chi connectivity index (χ4n) is 9.05. The highest BCUT2D eigenvalue weighted by molar-refractivity contribution is 5.70. The summed E-state index contributed by atoms with van der Waals surface area (Å²) in [7, 11) is 5.91. The van der Waals surface area contributed by atoms with E-state index in [9.17, 15) is 19.5 Å². The number of carbonyl (C=O) groups excluding carboxylic acids is 3. The van der Waals surface area contributed by atoms with Gasteiger partial charge in [-0.1, -0.05) is 281 Å². The Kier molecular flexibility index (Phi) is 62.9. The third-order valence-corrected chi connectivity index (χ3v) is 14.3. The molecule has 9 heteroatoms. The maximum atomic E-state index is 12.9. The van der Waals surface area contributed by atoms with Crippen molar-refractivity contribution in [1.29, 1.82) is 0 Å². The van der Waals surface area contributed by atoms with Gasteiger partial charge in [0.05, 0.1) is 40.3 Å². The molecular formula is C78H127NO8. The number of nitrogens with zero attached hydrogens (tertiary/aromatic N) is 1. The van der Waals surface area contributed by atoms with Crippen molar-refractivity contribution in [3.63, 3.8) is 0 Å². The van der Waals surface area contributed by atoms with Crippen LogP contribution >= 0.6 is 0 Å². The highest BCUT2D eigenvalue weighted by Gasteiger charge is 2.22. The van der Waals surface area contributed by atoms with Gasteiger partial charge in [-0.3, -0.25) is 9.59 Å². The van der Waals surface area contributed by atoms with E-state index in [-0.39, 0.29) is 32.7 Å². The number of aliphatic carboxylic acids is 1. The molecule has 2 unspecified atom stereocenters. The van der Waals surface area contributed by atoms with E-state index in [1.807, 2.05) is 21.1 Å². The largest absolute Gasteiger partial charge is 0.545 e. The summed E-state index contributed by atoms with van der Waals surface area (Å²) in [5.74, 6) is -2.35. The summed E-state index contributed by atoms with van der Waals surface area (Å²) in [5, 5.41) is 11.8. The van der Waals surface area contributed by atoms with Crippen molar-refractivity contribution in [2.45, 2.75) is 270 Å². The molecule has 0 N–H and O–H groups in total. The standard InChI is InChI=1S/C78H127NO8/c1-6-8-10-12-14-16-18-20-22-24-26-28-29-30-31-32-33-34-35-36-37-38-39-40-41-42-43-44-45-46-47-49-51-53-55-57-59-61-63-65-67-69-76(81)87-74(73-86-78(77(82)83)84-71-70-79(3,4)5)72-85-75(80)68-66-64-62-60-58-56-54-52-50-48-27-25-23-21-19-17-15-13-11-9-7-2/h8-11,14-17,20-23,26-28,30-31,33-34,36-37,48,52,54,58,60,74,78H,6-7,12-13,18-19,24-25,29,32,35,38-47,49-51,53,55-57,59,61-73H2,1-5H3/b10-8-,11-9-,16-14-,17-15-,22-20-,23-21-,28-26-,31-30-,34-33-,37-36-,48-27-,54-52-,60-58-. The van der Waals surface area contributed by atoms with Gasteiger partial charge in [0, 0.05) is 12.8 Å². The van der Waals surface area contributed by atoms with Gasteiger partial charge >= 0.3 is 11.9 Å². The molecule has 492 valence electrons. The first-order valence-electron chi connectivity index (χ1n) is 34.6. The van der Waals surface area contributed by atoms with E-state index < -0.39 is 30.3 Å². The number of esters is 2. The highest BCUT2D eigenvalue weighted by Crippen LogP contribution is 2.16. The zero-order chi connectivity index (χ0) is 63.3. The topological polar surface area (TPSA) is 111 Å². The van der Waals surface area contributed by atoms with Gasteiger partial charge in [-0.15, -0.1) is 0 Å². The van der Waals surface area contributed by atoms with Crippen molar-refractivity contribution < 1.29 is 42.9 Å². The summed E-state index contributed by atoms with van der Waals surface area (Å²) in [6, 6.07) is 0. The lowest BCUT2D eigenvalue weighted by atomic mass is 10.0. The molecule has 0 radical (unpaired) electrons. The summed E-state index contributed by atoms with van der Waals surface area (Å²) < 4.78 is 22.7. The molecule has 0 aromatic rings. The first-order valence-corrected chi connectivity index (χ1v) is 34.6. The summed E-state index contributed by atoms with van der Waals surface area (Å²) >= 11 is 0. The molecular weight excluding hydrogens is 1080 g/mol. The molecule has 0 aromatic carbocycles. The predicted molar refractivity (Wildman–Crippen MR) is 370 cm³/mol. The van der Waals surface area contributed by atoms with Crippen LogP contribution in [0, 0.1) is 0 Å². The number of unbranched alkanes of at least 4 members (excludes halogenated alkanes) is 21.